The van der Waals surface area contributed by atoms with Crippen LogP contribution in [0, 0.1) is 5.92 Å². The average Bonchev–Trinajstić information content (AvgIpc) is 3.02. The lowest BCUT2D eigenvalue weighted by Crippen LogP contribution is -2.66. The van der Waals surface area contributed by atoms with Crippen LogP contribution in [0.2, 0.25) is 0 Å². The molecule has 1 atom stereocenters. The minimum absolute atomic E-state index is 0.0688. The van der Waals surface area contributed by atoms with E-state index >= 15 is 0 Å². The number of carboxylic acid groups (broad SMARTS) is 1. The van der Waals surface area contributed by atoms with Gasteiger partial charge in [-0.15, -0.1) is 0 Å². The van der Waals surface area contributed by atoms with E-state index < -0.39 is 23.7 Å². The molecule has 44 heavy (non-hydrogen) atoms. The highest BCUT2D eigenvalue weighted by Crippen LogP contribution is 2.38. The van der Waals surface area contributed by atoms with E-state index in [1.807, 2.05) is 36.4 Å². The number of quaternary nitrogens is 1. The van der Waals surface area contributed by atoms with Gasteiger partial charge in [0.15, 0.2) is 12.6 Å². The summed E-state index contributed by atoms with van der Waals surface area (Å²) in [7, 11) is 1.60. The van der Waals surface area contributed by atoms with E-state index in [1.54, 1.807) is 55.6 Å². The fraction of sp³-hybridized carbons (Fsp3) is 0.344. The lowest BCUT2D eigenvalue weighted by Gasteiger charge is -2.51. The molecule has 3 aliphatic rings. The molecule has 3 aromatic rings. The monoisotopic (exact) mass is 614 g/mol. The molecular formula is C32H33F3N2O7. The second-order valence-corrected chi connectivity index (χ2v) is 10.9. The molecule has 2 bridgehead atoms. The molecule has 1 amide bonds. The number of nitrogens with one attached hydrogen (secondary N) is 1. The number of esters is 1. The Hall–Kier alpha value is -4.42. The Morgan fingerprint density at radius 1 is 0.909 bits per heavy atom. The molecule has 3 heterocycles. The summed E-state index contributed by atoms with van der Waals surface area (Å²) in [6.45, 7) is 2.62. The van der Waals surface area contributed by atoms with E-state index in [9.17, 15) is 27.9 Å². The minimum atomic E-state index is -5.19. The van der Waals surface area contributed by atoms with E-state index in [1.165, 1.54) is 0 Å². The fourth-order valence-electron chi connectivity index (χ4n) is 5.74. The number of nitrogens with zero attached hydrogens (tertiary/aromatic N) is 1. The number of piperidine rings is 3. The Bertz CT molecular complexity index is 1390. The van der Waals surface area contributed by atoms with Crippen molar-refractivity contribution >= 4 is 23.5 Å². The molecule has 234 valence electrons. The van der Waals surface area contributed by atoms with Gasteiger partial charge in [-0.25, -0.2) is 4.79 Å². The number of aliphatic hydroxyl groups is 1. The molecule has 3 fully saturated rings. The van der Waals surface area contributed by atoms with Crippen molar-refractivity contribution < 1.29 is 51.7 Å². The molecule has 0 unspecified atom stereocenters. The maximum atomic E-state index is 13.7. The van der Waals surface area contributed by atoms with Crippen LogP contribution in [0.3, 0.4) is 0 Å². The van der Waals surface area contributed by atoms with Gasteiger partial charge in [0.05, 0.1) is 20.2 Å². The molecule has 0 radical (unpaired) electrons. The van der Waals surface area contributed by atoms with Crippen molar-refractivity contribution in [1.29, 1.82) is 0 Å². The number of rotatable bonds is 8. The summed E-state index contributed by atoms with van der Waals surface area (Å²) in [5.41, 5.74) is -0.259. The van der Waals surface area contributed by atoms with Gasteiger partial charge >= 0.3 is 12.1 Å². The molecule has 9 nitrogen and oxygen atoms in total. The number of benzene rings is 3. The van der Waals surface area contributed by atoms with Crippen LogP contribution < -0.4 is 15.2 Å². The second-order valence-electron chi connectivity index (χ2n) is 10.9. The van der Waals surface area contributed by atoms with Gasteiger partial charge in [-0.05, 0) is 35.4 Å². The third kappa shape index (κ3) is 7.56. The number of carbonyl (C=O) groups is 3. The van der Waals surface area contributed by atoms with Crippen molar-refractivity contribution in [2.45, 2.75) is 30.7 Å². The van der Waals surface area contributed by atoms with Gasteiger partial charge in [-0.1, -0.05) is 60.7 Å². The predicted molar refractivity (Wildman–Crippen MR) is 151 cm³/mol. The number of carboxylic acids is 1. The van der Waals surface area contributed by atoms with E-state index in [0.29, 0.717) is 28.7 Å². The summed E-state index contributed by atoms with van der Waals surface area (Å²) >= 11 is 0. The molecular weight excluding hydrogens is 581 g/mol. The van der Waals surface area contributed by atoms with Gasteiger partial charge in [0.2, 0.25) is 5.60 Å². The van der Waals surface area contributed by atoms with Crippen LogP contribution in [0.25, 0.3) is 0 Å². The number of hydrogen-bond acceptors (Lipinski definition) is 7. The minimum Gasteiger partial charge on any atom is -0.542 e. The van der Waals surface area contributed by atoms with Crippen molar-refractivity contribution in [3.63, 3.8) is 0 Å². The average molecular weight is 615 g/mol. The van der Waals surface area contributed by atoms with Gasteiger partial charge < -0.3 is 34.3 Å². The number of methoxy groups -OCH3 is 1. The molecule has 3 aliphatic heterocycles. The van der Waals surface area contributed by atoms with E-state index in [0.717, 1.165) is 37.4 Å². The fourth-order valence-corrected chi connectivity index (χ4v) is 5.74. The number of carbonyl (C=O) groups excluding carboxylic acids is 3. The van der Waals surface area contributed by atoms with Gasteiger partial charge in [0.1, 0.15) is 18.3 Å². The predicted octanol–water partition coefficient (Wildman–Crippen LogP) is 3.02. The molecule has 3 aromatic carbocycles. The topological polar surface area (TPSA) is 125 Å². The summed E-state index contributed by atoms with van der Waals surface area (Å²) < 4.78 is 43.4. The van der Waals surface area contributed by atoms with Crippen LogP contribution in [0.15, 0.2) is 84.9 Å². The summed E-state index contributed by atoms with van der Waals surface area (Å²) in [5.74, 6) is -2.80. The van der Waals surface area contributed by atoms with Crippen LogP contribution in [0.5, 0.6) is 5.75 Å². The maximum absolute atomic E-state index is 13.7. The highest BCUT2D eigenvalue weighted by molar-refractivity contribution is 5.91. The number of amides is 1. The Labute approximate surface area is 252 Å². The van der Waals surface area contributed by atoms with Crippen molar-refractivity contribution in [2.24, 2.45) is 5.92 Å². The van der Waals surface area contributed by atoms with Crippen LogP contribution >= 0.6 is 0 Å². The highest BCUT2D eigenvalue weighted by atomic mass is 19.4. The molecule has 6 rings (SSSR count). The molecule has 3 saturated heterocycles. The number of hydrogen-bond donors (Lipinski definition) is 2. The first-order chi connectivity index (χ1) is 20.9. The molecule has 0 aromatic heterocycles. The van der Waals surface area contributed by atoms with E-state index in [-0.39, 0.29) is 17.9 Å². The Balaban J connectivity index is 0.000000566. The summed E-state index contributed by atoms with van der Waals surface area (Å²) in [6.07, 6.45) is -3.80. The summed E-state index contributed by atoms with van der Waals surface area (Å²) in [4.78, 5) is 35.4. The largest absolute Gasteiger partial charge is 0.542 e. The van der Waals surface area contributed by atoms with E-state index in [4.69, 9.17) is 19.4 Å². The van der Waals surface area contributed by atoms with Gasteiger partial charge in [-0.2, -0.15) is 13.2 Å². The molecule has 0 saturated carbocycles. The van der Waals surface area contributed by atoms with Crippen LogP contribution in [0.1, 0.15) is 24.0 Å². The van der Waals surface area contributed by atoms with E-state index in [2.05, 4.69) is 5.32 Å². The standard InChI is InChI=1S/C30H32N2O5.C2HF3O2/c1-36-26-14-12-25(13-15-26)31-28(33)21-32-18-16-22(17-19-32)27(20-32)37-29(34)30(35,23-8-4-2-5-9-23)24-10-6-3-7-11-24;3-2(4,5)1(6)7/h2-15,22,27,35H,16-21H2,1H3;(H,6,7)/t22?,27-,32?;/m0./s1. The number of alkyl halides is 3. The Morgan fingerprint density at radius 2 is 1.41 bits per heavy atom. The Morgan fingerprint density at radius 3 is 1.86 bits per heavy atom. The normalized spacial score (nSPS) is 20.9. The van der Waals surface area contributed by atoms with Crippen LogP contribution in [-0.4, -0.2) is 73.0 Å². The lowest BCUT2D eigenvalue weighted by molar-refractivity contribution is -0.939. The lowest BCUT2D eigenvalue weighted by atomic mass is 9.82. The zero-order chi connectivity index (χ0) is 32.0. The Kier molecular flexibility index (Phi) is 9.95. The first kappa shape index (κ1) is 32.5. The van der Waals surface area contributed by atoms with Crippen molar-refractivity contribution in [1.82, 2.24) is 0 Å². The maximum Gasteiger partial charge on any atom is 0.430 e. The van der Waals surface area contributed by atoms with Crippen LogP contribution in [0.4, 0.5) is 18.9 Å². The van der Waals surface area contributed by atoms with Gasteiger partial charge in [0.25, 0.3) is 5.91 Å². The molecule has 0 aliphatic carbocycles. The number of fused-ring (bicyclic) bond motifs is 3. The van der Waals surface area contributed by atoms with Crippen molar-refractivity contribution in [2.75, 3.05) is 38.6 Å². The smallest absolute Gasteiger partial charge is 0.430 e. The zero-order valence-corrected chi connectivity index (χ0v) is 24.0. The first-order valence-corrected chi connectivity index (χ1v) is 14.0. The van der Waals surface area contributed by atoms with Crippen LogP contribution in [-0.2, 0) is 24.7 Å². The SMILES string of the molecule is COc1ccc(NC(=O)C[N+]23CCC(CC2)[C@@H](OC(=O)C(O)(c2ccccc2)c2ccccc2)C3)cc1.O=C([O-])C(F)(F)F. The van der Waals surface area contributed by atoms with Crippen molar-refractivity contribution in [3.05, 3.63) is 96.1 Å². The highest BCUT2D eigenvalue weighted by Gasteiger charge is 2.51. The number of anilines is 1. The molecule has 2 N–H and O–H groups in total. The summed E-state index contributed by atoms with van der Waals surface area (Å²) in [6, 6.07) is 25.1. The van der Waals surface area contributed by atoms with Gasteiger partial charge in [-0.3, -0.25) is 4.79 Å². The number of halogens is 3. The van der Waals surface area contributed by atoms with Crippen molar-refractivity contribution in [3.8, 4) is 5.75 Å². The third-order valence-electron chi connectivity index (χ3n) is 8.06. The first-order valence-electron chi connectivity index (χ1n) is 14.0. The third-order valence-corrected chi connectivity index (χ3v) is 8.06. The van der Waals surface area contributed by atoms with Gasteiger partial charge in [0, 0.05) is 24.4 Å². The number of ether oxygens (including phenoxy) is 2. The number of aliphatic carboxylic acids is 1. The summed E-state index contributed by atoms with van der Waals surface area (Å²) in [5, 5.41) is 23.5. The zero-order valence-electron chi connectivity index (χ0n) is 24.0. The second kappa shape index (κ2) is 13.5. The molecule has 12 heteroatoms. The molecule has 0 spiro atoms. The quantitative estimate of drug-likeness (QED) is 0.295.